The van der Waals surface area contributed by atoms with Crippen molar-refractivity contribution in [2.24, 2.45) is 11.8 Å². The summed E-state index contributed by atoms with van der Waals surface area (Å²) in [5, 5.41) is 0. The van der Waals surface area contributed by atoms with Crippen LogP contribution in [0.5, 0.6) is 0 Å². The van der Waals surface area contributed by atoms with Gasteiger partial charge in [0.25, 0.3) is 0 Å². The normalized spacial score (nSPS) is 14.2. The lowest BCUT2D eigenvalue weighted by molar-refractivity contribution is -0.123. The maximum absolute atomic E-state index is 12.7. The highest BCUT2D eigenvalue weighted by Gasteiger charge is 2.23. The summed E-state index contributed by atoms with van der Waals surface area (Å²) in [6, 6.07) is 16.9. The summed E-state index contributed by atoms with van der Waals surface area (Å²) in [6.07, 6.45) is 1.26. The van der Waals surface area contributed by atoms with Gasteiger partial charge in [-0.05, 0) is 44.2 Å². The topological polar surface area (TPSA) is 51.2 Å². The number of Topliss-reactive ketones (excluding diaryl/α,β-unsaturated/α-hetero) is 2. The van der Waals surface area contributed by atoms with E-state index in [9.17, 15) is 14.4 Å². The zero-order valence-corrected chi connectivity index (χ0v) is 16.6. The van der Waals surface area contributed by atoms with Gasteiger partial charge in [-0.3, -0.25) is 14.4 Å². The Morgan fingerprint density at radius 1 is 0.778 bits per heavy atom. The molecule has 0 heterocycles. The van der Waals surface area contributed by atoms with Crippen LogP contribution in [-0.2, 0) is 9.59 Å². The lowest BCUT2D eigenvalue weighted by Crippen LogP contribution is -2.20. The molecule has 0 amide bonds. The van der Waals surface area contributed by atoms with E-state index in [1.165, 1.54) is 0 Å². The summed E-state index contributed by atoms with van der Waals surface area (Å²) >= 11 is 0. The van der Waals surface area contributed by atoms with Crippen LogP contribution in [0.25, 0.3) is 0 Å². The second-order valence-corrected chi connectivity index (χ2v) is 7.51. The van der Waals surface area contributed by atoms with E-state index in [4.69, 9.17) is 0 Å². The monoisotopic (exact) mass is 364 g/mol. The molecular formula is C24H28O3. The van der Waals surface area contributed by atoms with E-state index >= 15 is 0 Å². The van der Waals surface area contributed by atoms with Crippen molar-refractivity contribution < 1.29 is 14.4 Å². The fraction of sp³-hybridized carbons (Fsp3) is 0.375. The highest BCUT2D eigenvalue weighted by atomic mass is 16.1. The van der Waals surface area contributed by atoms with Crippen molar-refractivity contribution in [2.45, 2.75) is 46.5 Å². The molecule has 0 aliphatic carbocycles. The molecular weight excluding hydrogens is 336 g/mol. The molecule has 3 nitrogen and oxygen atoms in total. The van der Waals surface area contributed by atoms with Gasteiger partial charge in [0.1, 0.15) is 11.6 Å². The van der Waals surface area contributed by atoms with Gasteiger partial charge < -0.3 is 0 Å². The van der Waals surface area contributed by atoms with Gasteiger partial charge in [-0.25, -0.2) is 0 Å². The van der Waals surface area contributed by atoms with Crippen LogP contribution < -0.4 is 0 Å². The molecule has 0 fully saturated rings. The van der Waals surface area contributed by atoms with Gasteiger partial charge in [0.2, 0.25) is 0 Å². The number of hydrogen-bond donors (Lipinski definition) is 0. The Morgan fingerprint density at radius 2 is 1.41 bits per heavy atom. The fourth-order valence-electron chi connectivity index (χ4n) is 3.33. The van der Waals surface area contributed by atoms with Gasteiger partial charge in [0, 0.05) is 23.0 Å². The predicted molar refractivity (Wildman–Crippen MR) is 108 cm³/mol. The van der Waals surface area contributed by atoms with Gasteiger partial charge in [0.05, 0.1) is 0 Å². The van der Waals surface area contributed by atoms with E-state index in [2.05, 4.69) is 6.92 Å². The molecule has 0 saturated carbocycles. The minimum absolute atomic E-state index is 0.00188. The number of carbonyl (C=O) groups excluding carboxylic acids is 3. The molecule has 3 heteroatoms. The summed E-state index contributed by atoms with van der Waals surface area (Å²) in [7, 11) is 0. The van der Waals surface area contributed by atoms with Crippen molar-refractivity contribution in [3.8, 4) is 0 Å². The minimum Gasteiger partial charge on any atom is -0.300 e. The molecule has 0 spiro atoms. The van der Waals surface area contributed by atoms with Crippen LogP contribution in [0.15, 0.2) is 54.6 Å². The Balaban J connectivity index is 2.16. The molecule has 3 atom stereocenters. The van der Waals surface area contributed by atoms with E-state index in [0.717, 1.165) is 5.56 Å². The van der Waals surface area contributed by atoms with Gasteiger partial charge in [-0.15, -0.1) is 0 Å². The van der Waals surface area contributed by atoms with Crippen LogP contribution >= 0.6 is 0 Å². The zero-order valence-electron chi connectivity index (χ0n) is 16.6. The molecule has 0 aliphatic rings. The Hall–Kier alpha value is -2.55. The van der Waals surface area contributed by atoms with Crippen LogP contribution in [0.2, 0.25) is 0 Å². The first-order valence-corrected chi connectivity index (χ1v) is 9.50. The van der Waals surface area contributed by atoms with Crippen LogP contribution in [-0.4, -0.2) is 17.3 Å². The van der Waals surface area contributed by atoms with Crippen molar-refractivity contribution in [1.82, 2.24) is 0 Å². The van der Waals surface area contributed by atoms with Crippen LogP contribution in [0, 0.1) is 11.8 Å². The van der Waals surface area contributed by atoms with E-state index in [0.29, 0.717) is 24.0 Å². The first kappa shape index (κ1) is 20.8. The number of hydrogen-bond acceptors (Lipinski definition) is 3. The summed E-state index contributed by atoms with van der Waals surface area (Å²) in [6.45, 7) is 7.12. The summed E-state index contributed by atoms with van der Waals surface area (Å²) in [5.41, 5.74) is 2.36. The Labute approximate surface area is 161 Å². The standard InChI is InChI=1S/C24H28O3/c1-16(18(3)25)13-23(19(4)26)14-17(2)21-11-8-12-22(15-21)24(27)20-9-6-5-7-10-20/h5-12,15-17,23H,13-14H2,1-4H3. The maximum Gasteiger partial charge on any atom is 0.193 e. The second-order valence-electron chi connectivity index (χ2n) is 7.51. The average Bonchev–Trinajstić information content (AvgIpc) is 2.67. The third-order valence-electron chi connectivity index (χ3n) is 5.30. The molecule has 2 aromatic carbocycles. The van der Waals surface area contributed by atoms with Crippen molar-refractivity contribution in [3.63, 3.8) is 0 Å². The van der Waals surface area contributed by atoms with Gasteiger partial charge >= 0.3 is 0 Å². The molecule has 0 radical (unpaired) electrons. The van der Waals surface area contributed by atoms with Crippen molar-refractivity contribution >= 4 is 17.3 Å². The van der Waals surface area contributed by atoms with Gasteiger partial charge in [-0.2, -0.15) is 0 Å². The number of carbonyl (C=O) groups is 3. The molecule has 2 rings (SSSR count). The molecule has 2 aromatic rings. The Morgan fingerprint density at radius 3 is 2.00 bits per heavy atom. The van der Waals surface area contributed by atoms with E-state index in [1.807, 2.05) is 61.5 Å². The molecule has 0 saturated heterocycles. The summed E-state index contributed by atoms with van der Waals surface area (Å²) in [5.74, 6) is 0.0971. The highest BCUT2D eigenvalue weighted by Crippen LogP contribution is 2.29. The van der Waals surface area contributed by atoms with Crippen LogP contribution in [0.4, 0.5) is 0 Å². The smallest absolute Gasteiger partial charge is 0.193 e. The first-order valence-electron chi connectivity index (χ1n) is 9.50. The van der Waals surface area contributed by atoms with E-state index in [-0.39, 0.29) is 35.1 Å². The number of benzene rings is 2. The molecule has 27 heavy (non-hydrogen) atoms. The fourth-order valence-corrected chi connectivity index (χ4v) is 3.33. The van der Waals surface area contributed by atoms with Crippen molar-refractivity contribution in [2.75, 3.05) is 0 Å². The molecule has 0 N–H and O–H groups in total. The van der Waals surface area contributed by atoms with E-state index in [1.54, 1.807) is 13.8 Å². The predicted octanol–water partition coefficient (Wildman–Crippen LogP) is 5.23. The summed E-state index contributed by atoms with van der Waals surface area (Å²) in [4.78, 5) is 36.3. The first-order chi connectivity index (χ1) is 12.8. The molecule has 0 bridgehead atoms. The van der Waals surface area contributed by atoms with Crippen molar-refractivity contribution in [1.29, 1.82) is 0 Å². The van der Waals surface area contributed by atoms with Gasteiger partial charge in [-0.1, -0.05) is 62.4 Å². The third kappa shape index (κ3) is 5.72. The Bertz CT molecular complexity index is 807. The third-order valence-corrected chi connectivity index (χ3v) is 5.30. The largest absolute Gasteiger partial charge is 0.300 e. The second kappa shape index (κ2) is 9.40. The lowest BCUT2D eigenvalue weighted by atomic mass is 9.82. The molecule has 3 unspecified atom stereocenters. The highest BCUT2D eigenvalue weighted by molar-refractivity contribution is 6.09. The lowest BCUT2D eigenvalue weighted by Gasteiger charge is -2.21. The quantitative estimate of drug-likeness (QED) is 0.572. The minimum atomic E-state index is -0.146. The molecule has 0 aromatic heterocycles. The average molecular weight is 364 g/mol. The molecule has 0 aliphatic heterocycles. The van der Waals surface area contributed by atoms with Crippen LogP contribution in [0.3, 0.4) is 0 Å². The summed E-state index contributed by atoms with van der Waals surface area (Å²) < 4.78 is 0. The molecule has 142 valence electrons. The number of rotatable bonds is 9. The van der Waals surface area contributed by atoms with Crippen LogP contribution in [0.1, 0.15) is 67.9 Å². The van der Waals surface area contributed by atoms with E-state index < -0.39 is 0 Å². The SMILES string of the molecule is CC(=O)C(C)CC(CC(C)c1cccc(C(=O)c2ccccc2)c1)C(C)=O. The maximum atomic E-state index is 12.7. The Kier molecular flexibility index (Phi) is 7.23. The zero-order chi connectivity index (χ0) is 20.0. The van der Waals surface area contributed by atoms with Crippen molar-refractivity contribution in [3.05, 3.63) is 71.3 Å². The van der Waals surface area contributed by atoms with Gasteiger partial charge in [0.15, 0.2) is 5.78 Å². The number of ketones is 3.